The van der Waals surface area contributed by atoms with E-state index < -0.39 is 38.4 Å². The molecule has 0 fully saturated rings. The highest BCUT2D eigenvalue weighted by atomic mass is 32.2. The molecule has 0 aliphatic rings. The van der Waals surface area contributed by atoms with Crippen molar-refractivity contribution < 1.29 is 34.8 Å². The largest absolute Gasteiger partial charge is 0.416 e. The molecule has 5 nitrogen and oxygen atoms in total. The van der Waals surface area contributed by atoms with E-state index >= 15 is 0 Å². The molecular weight excluding hydrogens is 484 g/mol. The highest BCUT2D eigenvalue weighted by molar-refractivity contribution is 7.89. The molecule has 4 rings (SSSR count). The third-order valence-corrected chi connectivity index (χ3v) is 6.43. The van der Waals surface area contributed by atoms with Crippen LogP contribution in [0.3, 0.4) is 0 Å². The number of hydrogen-bond donors (Lipinski definition) is 0. The van der Waals surface area contributed by atoms with Gasteiger partial charge in [-0.25, -0.2) is 0 Å². The summed E-state index contributed by atoms with van der Waals surface area (Å²) in [4.78, 5) is 3.44. The van der Waals surface area contributed by atoms with Crippen LogP contribution in [-0.2, 0) is 22.4 Å². The van der Waals surface area contributed by atoms with Crippen LogP contribution in [0.15, 0.2) is 84.3 Å². The third kappa shape index (κ3) is 4.67. The molecule has 176 valence electrons. The minimum absolute atomic E-state index is 0.0440. The van der Waals surface area contributed by atoms with Crippen LogP contribution in [0.25, 0.3) is 22.3 Å². The monoisotopic (exact) mass is 497 g/mol. The Bertz CT molecular complexity index is 1430. The molecular formula is C22H13F6N3O2S. The van der Waals surface area contributed by atoms with Crippen LogP contribution < -0.4 is 0 Å². The SMILES string of the molecule is O=S(=O)(c1ccc(C(F)(F)F)cc1)n1cc(-c2cc(-c3cccnc3)cc(C(F)(F)F)c2)cn1. The van der Waals surface area contributed by atoms with Gasteiger partial charge in [-0.3, -0.25) is 4.98 Å². The molecule has 0 saturated carbocycles. The van der Waals surface area contributed by atoms with E-state index in [1.807, 2.05) is 0 Å². The number of rotatable bonds is 4. The lowest BCUT2D eigenvalue weighted by atomic mass is 9.98. The second-order valence-corrected chi connectivity index (χ2v) is 8.96. The van der Waals surface area contributed by atoms with E-state index in [1.54, 1.807) is 12.1 Å². The summed E-state index contributed by atoms with van der Waals surface area (Å²) < 4.78 is 105. The van der Waals surface area contributed by atoms with E-state index in [0.29, 0.717) is 21.8 Å². The number of halogens is 6. The Balaban J connectivity index is 1.75. The van der Waals surface area contributed by atoms with Gasteiger partial charge in [-0.1, -0.05) is 6.07 Å². The van der Waals surface area contributed by atoms with Crippen LogP contribution in [0.2, 0.25) is 0 Å². The van der Waals surface area contributed by atoms with Gasteiger partial charge in [-0.15, -0.1) is 0 Å². The molecule has 2 aromatic heterocycles. The fourth-order valence-electron chi connectivity index (χ4n) is 3.17. The van der Waals surface area contributed by atoms with Gasteiger partial charge in [-0.05, 0) is 59.7 Å². The number of aromatic nitrogens is 3. The maximum Gasteiger partial charge on any atom is 0.416 e. The lowest BCUT2D eigenvalue weighted by molar-refractivity contribution is -0.138. The van der Waals surface area contributed by atoms with Crippen molar-refractivity contribution in [1.29, 1.82) is 0 Å². The van der Waals surface area contributed by atoms with Gasteiger partial charge < -0.3 is 0 Å². The molecule has 0 aliphatic heterocycles. The Morgan fingerprint density at radius 2 is 1.32 bits per heavy atom. The Morgan fingerprint density at radius 1 is 0.706 bits per heavy atom. The normalized spacial score (nSPS) is 12.6. The standard InChI is InChI=1S/C22H13F6N3O2S/c23-21(24,25)18-3-5-20(6-4-18)34(32,33)31-13-17(12-30-31)16-8-15(14-2-1-7-29-11-14)9-19(10-16)22(26,27)28/h1-13H. The lowest BCUT2D eigenvalue weighted by Crippen LogP contribution is -2.14. The molecule has 0 unspecified atom stereocenters. The molecule has 0 N–H and O–H groups in total. The first kappa shape index (κ1) is 23.5. The van der Waals surface area contributed by atoms with Gasteiger partial charge in [0.1, 0.15) is 0 Å². The van der Waals surface area contributed by atoms with Crippen molar-refractivity contribution in [3.8, 4) is 22.3 Å². The molecule has 0 spiro atoms. The van der Waals surface area contributed by atoms with Gasteiger partial charge in [0, 0.05) is 23.5 Å². The summed E-state index contributed by atoms with van der Waals surface area (Å²) in [7, 11) is -4.38. The lowest BCUT2D eigenvalue weighted by Gasteiger charge is -2.12. The fraction of sp³-hybridized carbons (Fsp3) is 0.0909. The number of pyridine rings is 1. The zero-order valence-corrected chi connectivity index (χ0v) is 17.7. The third-order valence-electron chi connectivity index (χ3n) is 4.87. The minimum atomic E-state index is -4.67. The molecule has 0 bridgehead atoms. The van der Waals surface area contributed by atoms with E-state index in [2.05, 4.69) is 10.1 Å². The molecule has 2 heterocycles. The summed E-state index contributed by atoms with van der Waals surface area (Å²) in [5, 5.41) is 3.72. The zero-order chi connectivity index (χ0) is 24.7. The quantitative estimate of drug-likeness (QED) is 0.330. The summed E-state index contributed by atoms with van der Waals surface area (Å²) in [5.74, 6) is 0. The van der Waals surface area contributed by atoms with Crippen molar-refractivity contribution >= 4 is 10.0 Å². The Morgan fingerprint density at radius 3 is 1.88 bits per heavy atom. The number of benzene rings is 2. The molecule has 4 aromatic rings. The van der Waals surface area contributed by atoms with E-state index in [0.717, 1.165) is 36.7 Å². The van der Waals surface area contributed by atoms with Crippen LogP contribution >= 0.6 is 0 Å². The summed E-state index contributed by atoms with van der Waals surface area (Å²) in [6, 6.07) is 9.16. The Kier molecular flexibility index (Phi) is 5.72. The second-order valence-electron chi connectivity index (χ2n) is 7.17. The predicted octanol–water partition coefficient (Wildman–Crippen LogP) is 5.89. The maximum atomic E-state index is 13.5. The van der Waals surface area contributed by atoms with Gasteiger partial charge in [0.2, 0.25) is 0 Å². The van der Waals surface area contributed by atoms with E-state index in [-0.39, 0.29) is 16.7 Å². The van der Waals surface area contributed by atoms with Crippen molar-refractivity contribution in [2.24, 2.45) is 0 Å². The average molecular weight is 497 g/mol. The first-order valence-corrected chi connectivity index (χ1v) is 10.9. The molecule has 0 amide bonds. The first-order chi connectivity index (χ1) is 15.9. The molecule has 0 radical (unpaired) electrons. The van der Waals surface area contributed by atoms with Crippen LogP contribution in [-0.4, -0.2) is 22.6 Å². The molecule has 2 aromatic carbocycles. The summed E-state index contributed by atoms with van der Waals surface area (Å²) in [5.41, 5.74) is -1.26. The topological polar surface area (TPSA) is 64.8 Å². The van der Waals surface area contributed by atoms with Crippen molar-refractivity contribution in [3.05, 3.63) is 90.5 Å². The van der Waals surface area contributed by atoms with Crippen LogP contribution in [0.1, 0.15) is 11.1 Å². The second kappa shape index (κ2) is 8.28. The van der Waals surface area contributed by atoms with E-state index in [4.69, 9.17) is 0 Å². The predicted molar refractivity (Wildman–Crippen MR) is 110 cm³/mol. The first-order valence-electron chi connectivity index (χ1n) is 9.46. The molecule has 0 aliphatic carbocycles. The van der Waals surface area contributed by atoms with Crippen molar-refractivity contribution in [3.63, 3.8) is 0 Å². The summed E-state index contributed by atoms with van der Waals surface area (Å²) in [6.45, 7) is 0. The van der Waals surface area contributed by atoms with Crippen LogP contribution in [0.4, 0.5) is 26.3 Å². The number of nitrogens with zero attached hydrogens (tertiary/aromatic N) is 3. The fourth-order valence-corrected chi connectivity index (χ4v) is 4.29. The number of alkyl halides is 6. The minimum Gasteiger partial charge on any atom is -0.264 e. The van der Waals surface area contributed by atoms with Crippen LogP contribution in [0, 0.1) is 0 Å². The molecule has 34 heavy (non-hydrogen) atoms. The highest BCUT2D eigenvalue weighted by Crippen LogP contribution is 2.36. The van der Waals surface area contributed by atoms with Gasteiger partial charge in [0.05, 0.1) is 28.4 Å². The van der Waals surface area contributed by atoms with E-state index in [1.165, 1.54) is 18.5 Å². The smallest absolute Gasteiger partial charge is 0.264 e. The Labute approximate surface area is 189 Å². The van der Waals surface area contributed by atoms with Gasteiger partial charge >= 0.3 is 12.4 Å². The van der Waals surface area contributed by atoms with Crippen molar-refractivity contribution in [2.75, 3.05) is 0 Å². The van der Waals surface area contributed by atoms with E-state index in [9.17, 15) is 34.8 Å². The van der Waals surface area contributed by atoms with Gasteiger partial charge in [0.25, 0.3) is 10.0 Å². The van der Waals surface area contributed by atoms with Crippen LogP contribution in [0.5, 0.6) is 0 Å². The maximum absolute atomic E-state index is 13.5. The van der Waals surface area contributed by atoms with Crippen molar-refractivity contribution in [2.45, 2.75) is 17.2 Å². The molecule has 0 saturated heterocycles. The molecule has 12 heteroatoms. The van der Waals surface area contributed by atoms with Gasteiger partial charge in [0.15, 0.2) is 0 Å². The molecule has 0 atom stereocenters. The van der Waals surface area contributed by atoms with Crippen molar-refractivity contribution in [1.82, 2.24) is 14.2 Å². The average Bonchev–Trinajstić information content (AvgIpc) is 3.30. The highest BCUT2D eigenvalue weighted by Gasteiger charge is 2.32. The zero-order valence-electron chi connectivity index (χ0n) is 16.8. The van der Waals surface area contributed by atoms with Gasteiger partial charge in [-0.2, -0.15) is 43.9 Å². The Hall–Kier alpha value is -3.67. The summed E-state index contributed by atoms with van der Waals surface area (Å²) in [6.07, 6.45) is -4.41. The summed E-state index contributed by atoms with van der Waals surface area (Å²) >= 11 is 0. The number of hydrogen-bond acceptors (Lipinski definition) is 4.